The smallest absolute Gasteiger partial charge is 0.308 e. The summed E-state index contributed by atoms with van der Waals surface area (Å²) >= 11 is 0. The molecule has 0 aliphatic heterocycles. The van der Waals surface area contributed by atoms with Crippen molar-refractivity contribution in [2.45, 2.75) is 13.8 Å². The van der Waals surface area contributed by atoms with Gasteiger partial charge in [0.2, 0.25) is 5.52 Å². The van der Waals surface area contributed by atoms with Crippen LogP contribution in [0.25, 0.3) is 11.0 Å². The molecule has 2 aromatic rings. The maximum atomic E-state index is 11.0. The highest BCUT2D eigenvalue weighted by molar-refractivity contribution is 5.94. The molecule has 0 fully saturated rings. The molecule has 0 aliphatic rings. The lowest BCUT2D eigenvalue weighted by atomic mass is 10.1. The predicted octanol–water partition coefficient (Wildman–Crippen LogP) is 1.68. The van der Waals surface area contributed by atoms with Crippen LogP contribution in [0.2, 0.25) is 0 Å². The zero-order chi connectivity index (χ0) is 15.6. The van der Waals surface area contributed by atoms with Gasteiger partial charge in [-0.3, -0.25) is 14.9 Å². The lowest BCUT2D eigenvalue weighted by Crippen LogP contribution is -2.31. The molecule has 0 radical (unpaired) electrons. The van der Waals surface area contributed by atoms with E-state index < -0.39 is 16.8 Å². The fourth-order valence-electron chi connectivity index (χ4n) is 2.05. The van der Waals surface area contributed by atoms with Gasteiger partial charge in [-0.2, -0.15) is 0 Å². The van der Waals surface area contributed by atoms with Gasteiger partial charge in [-0.1, -0.05) is 6.92 Å². The van der Waals surface area contributed by atoms with E-state index in [0.29, 0.717) is 12.2 Å². The van der Waals surface area contributed by atoms with Crippen LogP contribution >= 0.6 is 0 Å². The number of rotatable bonds is 6. The standard InChI is InChI=1S/C12H14N4O5/c1-3-15(6-7(2)12(17)18)8-4-5-9(16(19)20)11-10(8)13-21-14-11/h4-5,7H,3,6H2,1-2H3,(H,17,18). The number of non-ortho nitro benzene ring substituents is 1. The molecule has 0 spiro atoms. The highest BCUT2D eigenvalue weighted by Gasteiger charge is 2.23. The van der Waals surface area contributed by atoms with E-state index in [-0.39, 0.29) is 23.3 Å². The molecule has 112 valence electrons. The number of aliphatic carboxylic acids is 1. The SMILES string of the molecule is CCN(CC(C)C(=O)O)c1ccc([N+](=O)[O-])c2nonc12. The number of hydrogen-bond acceptors (Lipinski definition) is 7. The Labute approximate surface area is 119 Å². The first kappa shape index (κ1) is 14.7. The topological polar surface area (TPSA) is 123 Å². The van der Waals surface area contributed by atoms with Crippen molar-refractivity contribution >= 4 is 28.4 Å². The van der Waals surface area contributed by atoms with Gasteiger partial charge in [0.05, 0.1) is 16.5 Å². The fourth-order valence-corrected chi connectivity index (χ4v) is 2.05. The summed E-state index contributed by atoms with van der Waals surface area (Å²) in [5.74, 6) is -1.50. The fraction of sp³-hybridized carbons (Fsp3) is 0.417. The first-order chi connectivity index (χ1) is 9.95. The molecule has 1 heterocycles. The van der Waals surface area contributed by atoms with Crippen molar-refractivity contribution in [2.75, 3.05) is 18.0 Å². The average Bonchev–Trinajstić information content (AvgIpc) is 2.92. The Bertz CT molecular complexity index is 683. The van der Waals surface area contributed by atoms with Crippen LogP contribution in [-0.4, -0.2) is 39.4 Å². The molecule has 9 heteroatoms. The number of anilines is 1. The molecular weight excluding hydrogens is 280 g/mol. The second-order valence-electron chi connectivity index (χ2n) is 4.60. The minimum atomic E-state index is -0.912. The van der Waals surface area contributed by atoms with Crippen molar-refractivity contribution < 1.29 is 19.5 Å². The number of nitro benzene ring substituents is 1. The van der Waals surface area contributed by atoms with Gasteiger partial charge in [0.25, 0.3) is 0 Å². The third kappa shape index (κ3) is 2.76. The van der Waals surface area contributed by atoms with Gasteiger partial charge >= 0.3 is 11.7 Å². The van der Waals surface area contributed by atoms with Gasteiger partial charge in [-0.05, 0) is 23.3 Å². The summed E-state index contributed by atoms with van der Waals surface area (Å²) in [5, 5.41) is 27.2. The summed E-state index contributed by atoms with van der Waals surface area (Å²) in [7, 11) is 0. The highest BCUT2D eigenvalue weighted by atomic mass is 16.6. The van der Waals surface area contributed by atoms with Crippen molar-refractivity contribution in [3.05, 3.63) is 22.2 Å². The lowest BCUT2D eigenvalue weighted by Gasteiger charge is -2.24. The van der Waals surface area contributed by atoms with Crippen molar-refractivity contribution in [1.82, 2.24) is 10.3 Å². The van der Waals surface area contributed by atoms with Crippen LogP contribution in [0.3, 0.4) is 0 Å². The number of benzene rings is 1. The second-order valence-corrected chi connectivity index (χ2v) is 4.60. The molecule has 0 amide bonds. The Morgan fingerprint density at radius 3 is 2.71 bits per heavy atom. The van der Waals surface area contributed by atoms with E-state index >= 15 is 0 Å². The summed E-state index contributed by atoms with van der Waals surface area (Å²) in [4.78, 5) is 23.1. The molecule has 0 saturated carbocycles. The molecule has 0 aliphatic carbocycles. The summed E-state index contributed by atoms with van der Waals surface area (Å²) in [6.45, 7) is 4.23. The Balaban J connectivity index is 2.45. The van der Waals surface area contributed by atoms with Gasteiger partial charge in [0.15, 0.2) is 5.52 Å². The van der Waals surface area contributed by atoms with Crippen molar-refractivity contribution in [1.29, 1.82) is 0 Å². The number of nitrogens with zero attached hydrogens (tertiary/aromatic N) is 4. The maximum Gasteiger partial charge on any atom is 0.308 e. The molecule has 2 rings (SSSR count). The monoisotopic (exact) mass is 294 g/mol. The Hall–Kier alpha value is -2.71. The zero-order valence-electron chi connectivity index (χ0n) is 11.5. The minimum absolute atomic E-state index is 0.0546. The van der Waals surface area contributed by atoms with Crippen LogP contribution in [0.5, 0.6) is 0 Å². The largest absolute Gasteiger partial charge is 0.481 e. The Morgan fingerprint density at radius 2 is 2.14 bits per heavy atom. The third-order valence-corrected chi connectivity index (χ3v) is 3.21. The van der Waals surface area contributed by atoms with E-state index in [2.05, 4.69) is 14.9 Å². The molecule has 1 aromatic carbocycles. The molecule has 21 heavy (non-hydrogen) atoms. The van der Waals surface area contributed by atoms with Gasteiger partial charge in [0.1, 0.15) is 0 Å². The second kappa shape index (κ2) is 5.73. The lowest BCUT2D eigenvalue weighted by molar-refractivity contribution is -0.383. The highest BCUT2D eigenvalue weighted by Crippen LogP contribution is 2.31. The van der Waals surface area contributed by atoms with Gasteiger partial charge in [-0.15, -0.1) is 0 Å². The van der Waals surface area contributed by atoms with Gasteiger partial charge in [-0.25, -0.2) is 4.63 Å². The first-order valence-electron chi connectivity index (χ1n) is 6.33. The molecule has 0 bridgehead atoms. The van der Waals surface area contributed by atoms with E-state index in [0.717, 1.165) is 0 Å². The van der Waals surface area contributed by atoms with E-state index in [1.165, 1.54) is 12.1 Å². The van der Waals surface area contributed by atoms with Crippen molar-refractivity contribution in [2.24, 2.45) is 5.92 Å². The summed E-state index contributed by atoms with van der Waals surface area (Å²) < 4.78 is 4.60. The zero-order valence-corrected chi connectivity index (χ0v) is 11.5. The number of carbonyl (C=O) groups is 1. The average molecular weight is 294 g/mol. The van der Waals surface area contributed by atoms with Crippen molar-refractivity contribution in [3.63, 3.8) is 0 Å². The minimum Gasteiger partial charge on any atom is -0.481 e. The van der Waals surface area contributed by atoms with Crippen LogP contribution in [-0.2, 0) is 4.79 Å². The Morgan fingerprint density at radius 1 is 1.48 bits per heavy atom. The normalized spacial score (nSPS) is 12.3. The predicted molar refractivity (Wildman–Crippen MR) is 73.1 cm³/mol. The molecular formula is C12H14N4O5. The Kier molecular flexibility index (Phi) is 4.01. The third-order valence-electron chi connectivity index (χ3n) is 3.21. The molecule has 1 N–H and O–H groups in total. The summed E-state index contributed by atoms with van der Waals surface area (Å²) in [6, 6.07) is 2.85. The number of carboxylic acids is 1. The molecule has 1 atom stereocenters. The maximum absolute atomic E-state index is 11.0. The van der Waals surface area contributed by atoms with E-state index in [9.17, 15) is 14.9 Å². The van der Waals surface area contributed by atoms with E-state index in [1.807, 2.05) is 6.92 Å². The first-order valence-corrected chi connectivity index (χ1v) is 6.33. The van der Waals surface area contributed by atoms with E-state index in [1.54, 1.807) is 11.8 Å². The van der Waals surface area contributed by atoms with Crippen LogP contribution in [0.1, 0.15) is 13.8 Å². The number of aromatic nitrogens is 2. The number of hydrogen-bond donors (Lipinski definition) is 1. The quantitative estimate of drug-likeness (QED) is 0.630. The van der Waals surface area contributed by atoms with Crippen LogP contribution in [0.15, 0.2) is 16.8 Å². The van der Waals surface area contributed by atoms with Crippen LogP contribution in [0, 0.1) is 16.0 Å². The van der Waals surface area contributed by atoms with Crippen LogP contribution < -0.4 is 4.90 Å². The molecule has 9 nitrogen and oxygen atoms in total. The summed E-state index contributed by atoms with van der Waals surface area (Å²) in [5.41, 5.74) is 0.673. The van der Waals surface area contributed by atoms with Gasteiger partial charge in [0, 0.05) is 19.2 Å². The van der Waals surface area contributed by atoms with Gasteiger partial charge < -0.3 is 10.0 Å². The van der Waals surface area contributed by atoms with Crippen molar-refractivity contribution in [3.8, 4) is 0 Å². The molecule has 0 saturated heterocycles. The number of nitro groups is 1. The summed E-state index contributed by atoms with van der Waals surface area (Å²) in [6.07, 6.45) is 0. The van der Waals surface area contributed by atoms with Crippen LogP contribution in [0.4, 0.5) is 11.4 Å². The molecule has 1 unspecified atom stereocenters. The van der Waals surface area contributed by atoms with E-state index in [4.69, 9.17) is 5.11 Å². The number of carboxylic acid groups (broad SMARTS) is 1. The number of fused-ring (bicyclic) bond motifs is 1. The molecule has 1 aromatic heterocycles.